The first-order valence-corrected chi connectivity index (χ1v) is 13.3. The second kappa shape index (κ2) is 12.3. The van der Waals surface area contributed by atoms with Crippen molar-refractivity contribution < 1.29 is 28.3 Å². The number of aromatic nitrogens is 1. The zero-order valence-corrected chi connectivity index (χ0v) is 22.7. The molecule has 2 aliphatic heterocycles. The van der Waals surface area contributed by atoms with Gasteiger partial charge in [-0.25, -0.2) is 14.2 Å². The summed E-state index contributed by atoms with van der Waals surface area (Å²) in [5.41, 5.74) is 1.23. The number of nitrogens with one attached hydrogen (secondary N) is 1. The van der Waals surface area contributed by atoms with E-state index in [4.69, 9.17) is 32.0 Å². The van der Waals surface area contributed by atoms with Crippen molar-refractivity contribution in [3.63, 3.8) is 0 Å². The van der Waals surface area contributed by atoms with E-state index in [9.17, 15) is 14.0 Å². The van der Waals surface area contributed by atoms with Gasteiger partial charge >= 0.3 is 11.9 Å². The van der Waals surface area contributed by atoms with E-state index in [-0.39, 0.29) is 29.3 Å². The van der Waals surface area contributed by atoms with Gasteiger partial charge in [-0.05, 0) is 25.5 Å². The van der Waals surface area contributed by atoms with E-state index in [0.29, 0.717) is 41.7 Å². The maximum atomic E-state index is 13.9. The Hall–Kier alpha value is -2.90. The minimum atomic E-state index is -0.867. The van der Waals surface area contributed by atoms with Gasteiger partial charge in [-0.1, -0.05) is 24.6 Å². The van der Waals surface area contributed by atoms with Crippen LogP contribution in [-0.2, 0) is 23.9 Å². The van der Waals surface area contributed by atoms with Gasteiger partial charge in [0, 0.05) is 47.0 Å². The number of nitrogens with two attached hydrogens (primary N) is 1. The second-order valence-corrected chi connectivity index (χ2v) is 10.4. The summed E-state index contributed by atoms with van der Waals surface area (Å²) in [6.07, 6.45) is 1.89. The second-order valence-electron chi connectivity index (χ2n) is 9.08. The lowest BCUT2D eigenvalue weighted by molar-refractivity contribution is -0.150. The number of amidine groups is 1. The molecule has 1 saturated heterocycles. The average Bonchev–Trinajstić information content (AvgIpc) is 3.44. The molecule has 1 aromatic carbocycles. The fourth-order valence-corrected chi connectivity index (χ4v) is 5.57. The van der Waals surface area contributed by atoms with Crippen molar-refractivity contribution in [3.05, 3.63) is 62.5 Å². The number of methoxy groups -OCH3 is 1. The van der Waals surface area contributed by atoms with Crippen molar-refractivity contribution in [1.82, 2.24) is 15.2 Å². The number of ether oxygens (including phenoxy) is 2. The van der Waals surface area contributed by atoms with Crippen molar-refractivity contribution in [3.8, 4) is 0 Å². The minimum absolute atomic E-state index is 0.131. The van der Waals surface area contributed by atoms with Crippen LogP contribution >= 0.6 is 22.9 Å². The lowest BCUT2D eigenvalue weighted by Crippen LogP contribution is -2.53. The average molecular weight is 566 g/mol. The standard InChI is InChI=1S/C25H29ClFN5O5S/c1-13(24(33)37-28)10-19-14(2)36-8-7-32(19)12-18-20(25(34)35-3)21(16-5-4-15(27)11-17(16)26)31-22(30-18)23-29-6-9-38-23/h4-6,9,11,13-14,19,21H,7-8,10,12,28H2,1-3H3,(H,30,31)/t13?,14-,19-,21+/m1/s1. The molecule has 0 bridgehead atoms. The summed E-state index contributed by atoms with van der Waals surface area (Å²) in [6, 6.07) is 2.92. The lowest BCUT2D eigenvalue weighted by atomic mass is 9.93. The molecule has 204 valence electrons. The number of rotatable bonds is 8. The molecule has 1 unspecified atom stereocenters. The van der Waals surface area contributed by atoms with Gasteiger partial charge in [-0.3, -0.25) is 14.7 Å². The quantitative estimate of drug-likeness (QED) is 0.366. The first-order valence-electron chi connectivity index (χ1n) is 12.0. The van der Waals surface area contributed by atoms with Crippen LogP contribution in [0, 0.1) is 11.7 Å². The molecule has 0 radical (unpaired) electrons. The Kier molecular flexibility index (Phi) is 9.11. The highest BCUT2D eigenvalue weighted by atomic mass is 35.5. The molecular formula is C25H29ClFN5O5S. The van der Waals surface area contributed by atoms with Crippen molar-refractivity contribution in [2.75, 3.05) is 26.8 Å². The molecule has 0 amide bonds. The Morgan fingerprint density at radius 2 is 2.21 bits per heavy atom. The van der Waals surface area contributed by atoms with Crippen LogP contribution in [0.4, 0.5) is 4.39 Å². The van der Waals surface area contributed by atoms with E-state index < -0.39 is 29.7 Å². The Morgan fingerprint density at radius 1 is 1.42 bits per heavy atom. The molecule has 0 spiro atoms. The Balaban J connectivity index is 1.77. The predicted octanol–water partition coefficient (Wildman–Crippen LogP) is 2.99. The summed E-state index contributed by atoms with van der Waals surface area (Å²) >= 11 is 7.81. The summed E-state index contributed by atoms with van der Waals surface area (Å²) in [5, 5.41) is 5.85. The highest BCUT2D eigenvalue weighted by Crippen LogP contribution is 2.37. The van der Waals surface area contributed by atoms with Gasteiger partial charge in [0.05, 0.1) is 31.3 Å². The minimum Gasteiger partial charge on any atom is -0.466 e. The van der Waals surface area contributed by atoms with E-state index in [0.717, 1.165) is 0 Å². The molecule has 13 heteroatoms. The van der Waals surface area contributed by atoms with Crippen LogP contribution in [0.25, 0.3) is 0 Å². The number of halogens is 2. The van der Waals surface area contributed by atoms with Gasteiger partial charge in [0.2, 0.25) is 0 Å². The normalized spacial score (nSPS) is 22.9. The Morgan fingerprint density at radius 3 is 2.87 bits per heavy atom. The number of carbonyl (C=O) groups excluding carboxylic acids is 2. The van der Waals surface area contributed by atoms with E-state index in [2.05, 4.69) is 20.0 Å². The van der Waals surface area contributed by atoms with Gasteiger partial charge in [0.25, 0.3) is 0 Å². The third-order valence-electron chi connectivity index (χ3n) is 6.67. The summed E-state index contributed by atoms with van der Waals surface area (Å²) in [4.78, 5) is 40.9. The number of morpholine rings is 1. The van der Waals surface area contributed by atoms with Gasteiger partial charge in [-0.15, -0.1) is 11.3 Å². The van der Waals surface area contributed by atoms with E-state index >= 15 is 0 Å². The Bertz CT molecular complexity index is 1240. The number of thiazole rings is 1. The van der Waals surface area contributed by atoms with Crippen molar-refractivity contribution in [2.24, 2.45) is 16.8 Å². The van der Waals surface area contributed by atoms with Crippen LogP contribution in [0.15, 0.2) is 46.0 Å². The van der Waals surface area contributed by atoms with Crippen LogP contribution in [0.2, 0.25) is 5.02 Å². The molecular weight excluding hydrogens is 537 g/mol. The van der Waals surface area contributed by atoms with Crippen LogP contribution in [0.5, 0.6) is 0 Å². The van der Waals surface area contributed by atoms with E-state index in [1.807, 2.05) is 12.3 Å². The zero-order chi connectivity index (χ0) is 27.4. The molecule has 38 heavy (non-hydrogen) atoms. The maximum absolute atomic E-state index is 13.9. The highest BCUT2D eigenvalue weighted by molar-refractivity contribution is 7.11. The number of hydrogen-bond acceptors (Lipinski definition) is 11. The number of benzene rings is 1. The van der Waals surface area contributed by atoms with Crippen molar-refractivity contribution in [1.29, 1.82) is 0 Å². The fourth-order valence-electron chi connectivity index (χ4n) is 4.71. The summed E-state index contributed by atoms with van der Waals surface area (Å²) in [5.74, 6) is 3.46. The highest BCUT2D eigenvalue weighted by Gasteiger charge is 2.38. The third kappa shape index (κ3) is 6.05. The van der Waals surface area contributed by atoms with Gasteiger partial charge < -0.3 is 19.6 Å². The fraction of sp³-hybridized carbons (Fsp3) is 0.440. The first-order chi connectivity index (χ1) is 18.2. The van der Waals surface area contributed by atoms with Crippen LogP contribution < -0.4 is 11.2 Å². The number of hydrogen-bond donors (Lipinski definition) is 2. The van der Waals surface area contributed by atoms with Gasteiger partial charge in [0.1, 0.15) is 11.9 Å². The smallest absolute Gasteiger partial charge is 0.338 e. The summed E-state index contributed by atoms with van der Waals surface area (Å²) in [6.45, 7) is 4.98. The first kappa shape index (κ1) is 28.1. The number of aliphatic imine (C=N–C) groups is 1. The molecule has 0 aliphatic carbocycles. The molecule has 3 heterocycles. The van der Waals surface area contributed by atoms with Crippen LogP contribution in [-0.4, -0.2) is 66.6 Å². The van der Waals surface area contributed by atoms with E-state index in [1.54, 1.807) is 13.1 Å². The third-order valence-corrected chi connectivity index (χ3v) is 7.78. The molecule has 2 aromatic rings. The van der Waals surface area contributed by atoms with Gasteiger partial charge in [-0.2, -0.15) is 5.90 Å². The predicted molar refractivity (Wildman–Crippen MR) is 140 cm³/mol. The van der Waals surface area contributed by atoms with Crippen LogP contribution in [0.3, 0.4) is 0 Å². The topological polar surface area (TPSA) is 128 Å². The summed E-state index contributed by atoms with van der Waals surface area (Å²) in [7, 11) is 1.29. The molecule has 1 aromatic heterocycles. The van der Waals surface area contributed by atoms with Gasteiger partial charge in [0.15, 0.2) is 10.8 Å². The van der Waals surface area contributed by atoms with Crippen molar-refractivity contribution >= 4 is 40.7 Å². The molecule has 2 aliphatic rings. The largest absolute Gasteiger partial charge is 0.466 e. The molecule has 1 fully saturated rings. The molecule has 4 atom stereocenters. The molecule has 10 nitrogen and oxygen atoms in total. The maximum Gasteiger partial charge on any atom is 0.338 e. The monoisotopic (exact) mass is 565 g/mol. The Labute approximate surface area is 228 Å². The zero-order valence-electron chi connectivity index (χ0n) is 21.1. The number of esters is 1. The van der Waals surface area contributed by atoms with E-state index in [1.165, 1.54) is 36.6 Å². The lowest BCUT2D eigenvalue weighted by Gasteiger charge is -2.42. The molecule has 4 rings (SSSR count). The summed E-state index contributed by atoms with van der Waals surface area (Å²) < 4.78 is 24.9. The molecule has 3 N–H and O–H groups in total. The number of nitrogens with zero attached hydrogens (tertiary/aromatic N) is 3. The molecule has 0 saturated carbocycles. The van der Waals surface area contributed by atoms with Crippen molar-refractivity contribution in [2.45, 2.75) is 38.5 Å². The SMILES string of the molecule is COC(=O)C1=C(CN2CCO[C@H](C)[C@H]2CC(C)C(=O)ON)NC(c2nccs2)=N[C@H]1c1ccc(F)cc1Cl. The van der Waals surface area contributed by atoms with Crippen LogP contribution in [0.1, 0.15) is 36.9 Å². The number of carbonyl (C=O) groups is 2.